The molecule has 1 aliphatic rings. The van der Waals surface area contributed by atoms with Gasteiger partial charge in [-0.3, -0.25) is 4.79 Å². The topological polar surface area (TPSA) is 66.8 Å². The van der Waals surface area contributed by atoms with Crippen molar-refractivity contribution < 1.29 is 19.4 Å². The Morgan fingerprint density at radius 2 is 1.79 bits per heavy atom. The minimum atomic E-state index is -1.04. The molecule has 0 radical (unpaired) electrons. The van der Waals surface area contributed by atoms with Gasteiger partial charge in [-0.1, -0.05) is 36.4 Å². The number of hydrogen-bond donors (Lipinski definition) is 1. The number of carboxylic acid groups (broad SMARTS) is 1. The summed E-state index contributed by atoms with van der Waals surface area (Å²) in [7, 11) is 0. The molecule has 2 atom stereocenters. The molecule has 5 heteroatoms. The second-order valence-corrected chi connectivity index (χ2v) is 5.93. The molecule has 3 rings (SSSR count). The van der Waals surface area contributed by atoms with Gasteiger partial charge in [-0.2, -0.15) is 0 Å². The van der Waals surface area contributed by atoms with Gasteiger partial charge in [0.05, 0.1) is 24.8 Å². The Labute approximate surface area is 140 Å². The highest BCUT2D eigenvalue weighted by Crippen LogP contribution is 2.26. The predicted octanol–water partition coefficient (Wildman–Crippen LogP) is 2.99. The van der Waals surface area contributed by atoms with E-state index in [-0.39, 0.29) is 23.6 Å². The zero-order chi connectivity index (χ0) is 17.1. The normalized spacial score (nSPS) is 20.6. The molecule has 1 heterocycles. The smallest absolute Gasteiger partial charge is 0.335 e. The first-order valence-electron chi connectivity index (χ1n) is 7.87. The van der Waals surface area contributed by atoms with Crippen LogP contribution in [0.5, 0.6) is 0 Å². The average Bonchev–Trinajstić information content (AvgIpc) is 2.62. The summed E-state index contributed by atoms with van der Waals surface area (Å²) in [5.74, 6) is -1.21. The summed E-state index contributed by atoms with van der Waals surface area (Å²) in [4.78, 5) is 25.7. The minimum absolute atomic E-state index is 0.0639. The molecule has 2 unspecified atom stereocenters. The molecular weight excluding hydrogens is 306 g/mol. The van der Waals surface area contributed by atoms with Crippen LogP contribution < -0.4 is 0 Å². The fourth-order valence-corrected chi connectivity index (χ4v) is 2.86. The van der Waals surface area contributed by atoms with Gasteiger partial charge in [0.2, 0.25) is 0 Å². The molecule has 1 N–H and O–H groups in total. The Bertz CT molecular complexity index is 744. The SMILES string of the molecule is CC1COC(c2ccccc2)CN1C(=O)c1cccc(C(=O)O)c1. The standard InChI is InChI=1S/C19H19NO4/c1-13-12-24-17(14-6-3-2-4-7-14)11-20(13)18(21)15-8-5-9-16(10-15)19(22)23/h2-10,13,17H,11-12H2,1H3,(H,22,23). The molecule has 1 amide bonds. The molecule has 2 aromatic carbocycles. The first-order chi connectivity index (χ1) is 11.6. The fraction of sp³-hybridized carbons (Fsp3) is 0.263. The van der Waals surface area contributed by atoms with E-state index in [9.17, 15) is 9.59 Å². The average molecular weight is 325 g/mol. The van der Waals surface area contributed by atoms with Gasteiger partial charge < -0.3 is 14.7 Å². The molecule has 0 aliphatic carbocycles. The summed E-state index contributed by atoms with van der Waals surface area (Å²) >= 11 is 0. The van der Waals surface area contributed by atoms with Crippen LogP contribution in [0, 0.1) is 0 Å². The van der Waals surface area contributed by atoms with Crippen LogP contribution in [0.4, 0.5) is 0 Å². The Hall–Kier alpha value is -2.66. The van der Waals surface area contributed by atoms with Crippen LogP contribution in [0.3, 0.4) is 0 Å². The number of carboxylic acids is 1. The minimum Gasteiger partial charge on any atom is -0.478 e. The van der Waals surface area contributed by atoms with Crippen molar-refractivity contribution in [1.29, 1.82) is 0 Å². The quantitative estimate of drug-likeness (QED) is 0.942. The molecule has 124 valence electrons. The van der Waals surface area contributed by atoms with Crippen molar-refractivity contribution >= 4 is 11.9 Å². The number of benzene rings is 2. The van der Waals surface area contributed by atoms with E-state index in [1.807, 2.05) is 37.3 Å². The van der Waals surface area contributed by atoms with Gasteiger partial charge in [0.15, 0.2) is 0 Å². The lowest BCUT2D eigenvalue weighted by molar-refractivity contribution is -0.0486. The van der Waals surface area contributed by atoms with Gasteiger partial charge in [0.1, 0.15) is 6.10 Å². The second kappa shape index (κ2) is 6.84. The Balaban J connectivity index is 1.82. The summed E-state index contributed by atoms with van der Waals surface area (Å²) in [6, 6.07) is 15.9. The number of amides is 1. The molecule has 5 nitrogen and oxygen atoms in total. The number of carbonyl (C=O) groups excluding carboxylic acids is 1. The molecule has 0 bridgehead atoms. The first kappa shape index (κ1) is 16.2. The molecular formula is C19H19NO4. The van der Waals surface area contributed by atoms with E-state index in [4.69, 9.17) is 9.84 Å². The van der Waals surface area contributed by atoms with Crippen molar-refractivity contribution in [2.75, 3.05) is 13.2 Å². The van der Waals surface area contributed by atoms with Crippen molar-refractivity contribution in [3.63, 3.8) is 0 Å². The fourth-order valence-electron chi connectivity index (χ4n) is 2.86. The van der Waals surface area contributed by atoms with Crippen LogP contribution in [-0.2, 0) is 4.74 Å². The molecule has 1 aliphatic heterocycles. The summed E-state index contributed by atoms with van der Waals surface area (Å²) in [5, 5.41) is 9.10. The van der Waals surface area contributed by atoms with Gasteiger partial charge in [0, 0.05) is 5.56 Å². The zero-order valence-corrected chi connectivity index (χ0v) is 13.4. The van der Waals surface area contributed by atoms with Crippen molar-refractivity contribution in [2.24, 2.45) is 0 Å². The van der Waals surface area contributed by atoms with Crippen LogP contribution >= 0.6 is 0 Å². The van der Waals surface area contributed by atoms with E-state index in [0.29, 0.717) is 18.7 Å². The third kappa shape index (κ3) is 3.31. The van der Waals surface area contributed by atoms with Crippen LogP contribution in [0.15, 0.2) is 54.6 Å². The van der Waals surface area contributed by atoms with E-state index >= 15 is 0 Å². The maximum absolute atomic E-state index is 12.8. The highest BCUT2D eigenvalue weighted by atomic mass is 16.5. The van der Waals surface area contributed by atoms with Gasteiger partial charge in [-0.05, 0) is 30.7 Å². The van der Waals surface area contributed by atoms with E-state index in [2.05, 4.69) is 0 Å². The van der Waals surface area contributed by atoms with E-state index < -0.39 is 5.97 Å². The van der Waals surface area contributed by atoms with Gasteiger partial charge in [-0.25, -0.2) is 4.79 Å². The molecule has 1 fully saturated rings. The molecule has 2 aromatic rings. The molecule has 0 spiro atoms. The molecule has 0 aromatic heterocycles. The maximum Gasteiger partial charge on any atom is 0.335 e. The summed E-state index contributed by atoms with van der Waals surface area (Å²) in [6.45, 7) is 2.82. The Morgan fingerprint density at radius 1 is 1.08 bits per heavy atom. The maximum atomic E-state index is 12.8. The predicted molar refractivity (Wildman–Crippen MR) is 89.0 cm³/mol. The number of hydrogen-bond acceptors (Lipinski definition) is 3. The second-order valence-electron chi connectivity index (χ2n) is 5.93. The third-order valence-corrected chi connectivity index (χ3v) is 4.22. The van der Waals surface area contributed by atoms with Gasteiger partial charge in [-0.15, -0.1) is 0 Å². The zero-order valence-electron chi connectivity index (χ0n) is 13.4. The molecule has 0 saturated carbocycles. The summed E-state index contributed by atoms with van der Waals surface area (Å²) in [6.07, 6.45) is -0.172. The number of carbonyl (C=O) groups is 2. The highest BCUT2D eigenvalue weighted by molar-refractivity contribution is 5.97. The van der Waals surface area contributed by atoms with Gasteiger partial charge >= 0.3 is 5.97 Å². The lowest BCUT2D eigenvalue weighted by Gasteiger charge is -2.38. The molecule has 24 heavy (non-hydrogen) atoms. The number of aromatic carboxylic acids is 1. The van der Waals surface area contributed by atoms with Crippen molar-refractivity contribution in [1.82, 2.24) is 4.90 Å². The highest BCUT2D eigenvalue weighted by Gasteiger charge is 2.31. The summed E-state index contributed by atoms with van der Waals surface area (Å²) < 4.78 is 5.87. The third-order valence-electron chi connectivity index (χ3n) is 4.22. The Morgan fingerprint density at radius 3 is 2.50 bits per heavy atom. The van der Waals surface area contributed by atoms with Crippen LogP contribution in [0.1, 0.15) is 39.3 Å². The lowest BCUT2D eigenvalue weighted by Crippen LogP contribution is -2.48. The number of ether oxygens (including phenoxy) is 1. The largest absolute Gasteiger partial charge is 0.478 e. The first-order valence-corrected chi connectivity index (χ1v) is 7.87. The summed E-state index contributed by atoms with van der Waals surface area (Å²) in [5.41, 5.74) is 1.53. The molecule has 1 saturated heterocycles. The lowest BCUT2D eigenvalue weighted by atomic mass is 10.0. The van der Waals surface area contributed by atoms with Gasteiger partial charge in [0.25, 0.3) is 5.91 Å². The number of morpholine rings is 1. The monoisotopic (exact) mass is 325 g/mol. The van der Waals surface area contributed by atoms with E-state index in [1.165, 1.54) is 12.1 Å². The van der Waals surface area contributed by atoms with Crippen LogP contribution in [0.2, 0.25) is 0 Å². The number of nitrogens with zero attached hydrogens (tertiary/aromatic N) is 1. The van der Waals surface area contributed by atoms with Crippen molar-refractivity contribution in [3.8, 4) is 0 Å². The Kier molecular flexibility index (Phi) is 4.62. The van der Waals surface area contributed by atoms with Crippen LogP contribution in [0.25, 0.3) is 0 Å². The van der Waals surface area contributed by atoms with E-state index in [0.717, 1.165) is 5.56 Å². The number of rotatable bonds is 3. The van der Waals surface area contributed by atoms with Crippen LogP contribution in [-0.4, -0.2) is 41.1 Å². The van der Waals surface area contributed by atoms with Crippen molar-refractivity contribution in [3.05, 3.63) is 71.3 Å². The van der Waals surface area contributed by atoms with E-state index in [1.54, 1.807) is 17.0 Å². The van der Waals surface area contributed by atoms with Crippen molar-refractivity contribution in [2.45, 2.75) is 19.1 Å².